The third-order valence-electron chi connectivity index (χ3n) is 4.59. The van der Waals surface area contributed by atoms with Crippen molar-refractivity contribution in [2.75, 3.05) is 29.9 Å². The fourth-order valence-corrected chi connectivity index (χ4v) is 3.39. The van der Waals surface area contributed by atoms with Crippen LogP contribution in [0.1, 0.15) is 38.2 Å². The molecule has 0 unspecified atom stereocenters. The largest absolute Gasteiger partial charge is 0.484 e. The van der Waals surface area contributed by atoms with Gasteiger partial charge in [-0.1, -0.05) is 37.6 Å². The summed E-state index contributed by atoms with van der Waals surface area (Å²) < 4.78 is 5.56. The molecule has 26 heavy (non-hydrogen) atoms. The zero-order valence-corrected chi connectivity index (χ0v) is 16.1. The summed E-state index contributed by atoms with van der Waals surface area (Å²) in [5.74, 6) is 0.954. The van der Waals surface area contributed by atoms with Gasteiger partial charge >= 0.3 is 0 Å². The molecule has 0 atom stereocenters. The van der Waals surface area contributed by atoms with Gasteiger partial charge in [0.2, 0.25) is 0 Å². The number of rotatable bonds is 6. The van der Waals surface area contributed by atoms with E-state index < -0.39 is 0 Å². The Kier molecular flexibility index (Phi) is 6.04. The van der Waals surface area contributed by atoms with E-state index in [1.807, 2.05) is 36.4 Å². The molecule has 1 aliphatic rings. The van der Waals surface area contributed by atoms with Gasteiger partial charge in [0.1, 0.15) is 5.75 Å². The van der Waals surface area contributed by atoms with Crippen LogP contribution in [-0.2, 0) is 4.79 Å². The van der Waals surface area contributed by atoms with Crippen LogP contribution < -0.4 is 15.0 Å². The number of halogens is 1. The summed E-state index contributed by atoms with van der Waals surface area (Å²) in [6, 6.07) is 13.5. The van der Waals surface area contributed by atoms with E-state index in [9.17, 15) is 4.79 Å². The van der Waals surface area contributed by atoms with Crippen molar-refractivity contribution in [1.82, 2.24) is 0 Å². The van der Waals surface area contributed by atoms with Crippen LogP contribution in [0.3, 0.4) is 0 Å². The highest BCUT2D eigenvalue weighted by Gasteiger charge is 2.15. The fourth-order valence-electron chi connectivity index (χ4n) is 3.09. The van der Waals surface area contributed by atoms with Crippen LogP contribution in [-0.4, -0.2) is 25.6 Å². The molecule has 5 heteroatoms. The first-order valence-corrected chi connectivity index (χ1v) is 9.48. The van der Waals surface area contributed by atoms with E-state index in [4.69, 9.17) is 16.3 Å². The van der Waals surface area contributed by atoms with E-state index in [0.717, 1.165) is 18.8 Å². The van der Waals surface area contributed by atoms with Gasteiger partial charge in [0.15, 0.2) is 6.61 Å². The number of benzene rings is 2. The normalized spacial score (nSPS) is 13.9. The van der Waals surface area contributed by atoms with E-state index in [0.29, 0.717) is 22.4 Å². The third-order valence-corrected chi connectivity index (χ3v) is 4.90. The number of amides is 1. The standard InChI is InChI=1S/C21H25ClN2O2/c1-15(2)16-5-8-18(9-6-16)26-14-21(25)23-17-7-10-20(19(22)13-17)24-11-3-4-12-24/h5-10,13,15H,3-4,11-12,14H2,1-2H3,(H,23,25). The van der Waals surface area contributed by atoms with Gasteiger partial charge in [-0.25, -0.2) is 0 Å². The summed E-state index contributed by atoms with van der Waals surface area (Å²) in [6.45, 7) is 6.32. The zero-order chi connectivity index (χ0) is 18.5. The van der Waals surface area contributed by atoms with Gasteiger partial charge in [-0.3, -0.25) is 4.79 Å². The van der Waals surface area contributed by atoms with E-state index in [-0.39, 0.29) is 12.5 Å². The van der Waals surface area contributed by atoms with Gasteiger partial charge in [0.05, 0.1) is 10.7 Å². The predicted octanol–water partition coefficient (Wildman–Crippen LogP) is 5.08. The Labute approximate surface area is 160 Å². The molecule has 2 aromatic carbocycles. The van der Waals surface area contributed by atoms with Gasteiger partial charge < -0.3 is 15.0 Å². The minimum atomic E-state index is -0.206. The van der Waals surface area contributed by atoms with Gasteiger partial charge in [-0.2, -0.15) is 0 Å². The van der Waals surface area contributed by atoms with Crippen LogP contribution in [0.4, 0.5) is 11.4 Å². The Morgan fingerprint density at radius 3 is 2.46 bits per heavy atom. The second-order valence-electron chi connectivity index (χ2n) is 6.92. The lowest BCUT2D eigenvalue weighted by Gasteiger charge is -2.19. The minimum Gasteiger partial charge on any atom is -0.484 e. The zero-order valence-electron chi connectivity index (χ0n) is 15.3. The molecular formula is C21H25ClN2O2. The van der Waals surface area contributed by atoms with Crippen molar-refractivity contribution >= 4 is 28.9 Å². The number of carbonyl (C=O) groups is 1. The molecule has 0 saturated carbocycles. The summed E-state index contributed by atoms with van der Waals surface area (Å²) >= 11 is 6.38. The van der Waals surface area contributed by atoms with E-state index in [2.05, 4.69) is 24.1 Å². The maximum atomic E-state index is 12.1. The molecule has 1 amide bonds. The number of carbonyl (C=O) groups excluding carboxylic acids is 1. The quantitative estimate of drug-likeness (QED) is 0.768. The average Bonchev–Trinajstić information content (AvgIpc) is 3.15. The first-order valence-electron chi connectivity index (χ1n) is 9.10. The molecule has 0 aromatic heterocycles. The molecule has 3 rings (SSSR count). The molecule has 138 valence electrons. The second kappa shape index (κ2) is 8.45. The second-order valence-corrected chi connectivity index (χ2v) is 7.33. The highest BCUT2D eigenvalue weighted by atomic mass is 35.5. The van der Waals surface area contributed by atoms with E-state index >= 15 is 0 Å². The van der Waals surface area contributed by atoms with Gasteiger partial charge in [-0.05, 0) is 54.7 Å². The first kappa shape index (κ1) is 18.6. The smallest absolute Gasteiger partial charge is 0.262 e. The maximum absolute atomic E-state index is 12.1. The number of ether oxygens (including phenoxy) is 1. The highest BCUT2D eigenvalue weighted by molar-refractivity contribution is 6.33. The van der Waals surface area contributed by atoms with Crippen molar-refractivity contribution in [1.29, 1.82) is 0 Å². The molecule has 1 saturated heterocycles. The lowest BCUT2D eigenvalue weighted by Crippen LogP contribution is -2.21. The van der Waals surface area contributed by atoms with E-state index in [1.54, 1.807) is 6.07 Å². The van der Waals surface area contributed by atoms with Crippen molar-refractivity contribution in [3.8, 4) is 5.75 Å². The minimum absolute atomic E-state index is 0.0352. The lowest BCUT2D eigenvalue weighted by atomic mass is 10.0. The van der Waals surface area contributed by atoms with Crippen LogP contribution >= 0.6 is 11.6 Å². The van der Waals surface area contributed by atoms with Crippen molar-refractivity contribution in [2.24, 2.45) is 0 Å². The number of nitrogens with zero attached hydrogens (tertiary/aromatic N) is 1. The van der Waals surface area contributed by atoms with E-state index in [1.165, 1.54) is 18.4 Å². The molecule has 1 fully saturated rings. The summed E-state index contributed by atoms with van der Waals surface area (Å²) in [5.41, 5.74) is 2.96. The Balaban J connectivity index is 1.53. The van der Waals surface area contributed by atoms with Gasteiger partial charge in [-0.15, -0.1) is 0 Å². The Hall–Kier alpha value is -2.20. The molecule has 1 heterocycles. The molecule has 0 aliphatic carbocycles. The summed E-state index contributed by atoms with van der Waals surface area (Å²) in [7, 11) is 0. The first-order chi connectivity index (χ1) is 12.5. The average molecular weight is 373 g/mol. The molecule has 1 aliphatic heterocycles. The van der Waals surface area contributed by atoms with Crippen LogP contribution in [0, 0.1) is 0 Å². The van der Waals surface area contributed by atoms with Gasteiger partial charge in [0, 0.05) is 18.8 Å². The molecule has 1 N–H and O–H groups in total. The predicted molar refractivity (Wildman–Crippen MR) is 108 cm³/mol. The van der Waals surface area contributed by atoms with Crippen molar-refractivity contribution in [3.05, 3.63) is 53.1 Å². The Morgan fingerprint density at radius 1 is 1.15 bits per heavy atom. The molecular weight excluding hydrogens is 348 g/mol. The molecule has 0 spiro atoms. The van der Waals surface area contributed by atoms with Crippen LogP contribution in [0.25, 0.3) is 0 Å². The van der Waals surface area contributed by atoms with Crippen LogP contribution in [0.15, 0.2) is 42.5 Å². The molecule has 2 aromatic rings. The lowest BCUT2D eigenvalue weighted by molar-refractivity contribution is -0.118. The third kappa shape index (κ3) is 4.70. The highest BCUT2D eigenvalue weighted by Crippen LogP contribution is 2.31. The number of anilines is 2. The van der Waals surface area contributed by atoms with Crippen LogP contribution in [0.5, 0.6) is 5.75 Å². The molecule has 4 nitrogen and oxygen atoms in total. The topological polar surface area (TPSA) is 41.6 Å². The monoisotopic (exact) mass is 372 g/mol. The van der Waals surface area contributed by atoms with Gasteiger partial charge in [0.25, 0.3) is 5.91 Å². The molecule has 0 radical (unpaired) electrons. The Bertz CT molecular complexity index is 753. The maximum Gasteiger partial charge on any atom is 0.262 e. The molecule has 0 bridgehead atoms. The fraction of sp³-hybridized carbons (Fsp3) is 0.381. The number of hydrogen-bond donors (Lipinski definition) is 1. The number of nitrogens with one attached hydrogen (secondary N) is 1. The van der Waals surface area contributed by atoms with Crippen molar-refractivity contribution in [2.45, 2.75) is 32.6 Å². The SMILES string of the molecule is CC(C)c1ccc(OCC(=O)Nc2ccc(N3CCCC3)c(Cl)c2)cc1. The Morgan fingerprint density at radius 2 is 1.85 bits per heavy atom. The van der Waals surface area contributed by atoms with Crippen LogP contribution in [0.2, 0.25) is 5.02 Å². The number of hydrogen-bond acceptors (Lipinski definition) is 3. The van der Waals surface area contributed by atoms with Crippen molar-refractivity contribution < 1.29 is 9.53 Å². The summed E-state index contributed by atoms with van der Waals surface area (Å²) in [5, 5.41) is 3.50. The van der Waals surface area contributed by atoms with Crippen molar-refractivity contribution in [3.63, 3.8) is 0 Å². The summed E-state index contributed by atoms with van der Waals surface area (Å²) in [6.07, 6.45) is 2.40. The summed E-state index contributed by atoms with van der Waals surface area (Å²) in [4.78, 5) is 14.4.